The maximum atomic E-state index is 14.3. The fourth-order valence-corrected chi connectivity index (χ4v) is 4.26. The highest BCUT2D eigenvalue weighted by Gasteiger charge is 2.36. The first-order valence-electron chi connectivity index (χ1n) is 9.76. The molecule has 2 aliphatic rings. The topological polar surface area (TPSA) is 56.4 Å². The van der Waals surface area contributed by atoms with Crippen LogP contribution in [0.15, 0.2) is 23.7 Å². The lowest BCUT2D eigenvalue weighted by Crippen LogP contribution is -2.42. The number of nitrogens with zero attached hydrogens (tertiary/aromatic N) is 1. The molecule has 9 heteroatoms. The quantitative estimate of drug-likeness (QED) is 0.648. The first-order chi connectivity index (χ1) is 13.4. The number of likely N-dealkylation sites (tertiary alicyclic amines) is 1. The molecule has 29 heavy (non-hydrogen) atoms. The van der Waals surface area contributed by atoms with Crippen LogP contribution >= 0.6 is 0 Å². The number of halogens is 3. The van der Waals surface area contributed by atoms with Gasteiger partial charge in [-0.3, -0.25) is 0 Å². The van der Waals surface area contributed by atoms with Gasteiger partial charge in [-0.1, -0.05) is 0 Å². The van der Waals surface area contributed by atoms with E-state index in [2.05, 4.69) is 15.4 Å². The van der Waals surface area contributed by atoms with Crippen molar-refractivity contribution in [1.82, 2.24) is 9.62 Å². The molecule has 162 valence electrons. The Morgan fingerprint density at radius 1 is 1.21 bits per heavy atom. The van der Waals surface area contributed by atoms with E-state index >= 15 is 0 Å². The summed E-state index contributed by atoms with van der Waals surface area (Å²) in [6.07, 6.45) is -0.395. The number of piperidine rings is 1. The van der Waals surface area contributed by atoms with Crippen LogP contribution in [0.5, 0.6) is 0 Å². The molecule has 2 aliphatic heterocycles. The summed E-state index contributed by atoms with van der Waals surface area (Å²) >= 11 is 0. The normalized spacial score (nSPS) is 21.2. The molecule has 2 atom stereocenters. The van der Waals surface area contributed by atoms with Crippen LogP contribution in [0.1, 0.15) is 59.1 Å². The van der Waals surface area contributed by atoms with Crippen molar-refractivity contribution in [3.05, 3.63) is 35.0 Å². The van der Waals surface area contributed by atoms with Crippen molar-refractivity contribution in [2.75, 3.05) is 23.7 Å². The molecule has 1 fully saturated rings. The second-order valence-electron chi connectivity index (χ2n) is 8.70. The van der Waals surface area contributed by atoms with Gasteiger partial charge in [0.15, 0.2) is 0 Å². The van der Waals surface area contributed by atoms with Crippen molar-refractivity contribution in [3.8, 4) is 0 Å². The van der Waals surface area contributed by atoms with E-state index in [4.69, 9.17) is 0 Å². The zero-order valence-electron chi connectivity index (χ0n) is 17.5. The fraction of sp³-hybridized carbons (Fsp3) is 0.600. The number of benzene rings is 1. The minimum Gasteiger partial charge on any atom is -0.356 e. The van der Waals surface area contributed by atoms with Crippen molar-refractivity contribution in [2.45, 2.75) is 64.2 Å². The third-order valence-electron chi connectivity index (χ3n) is 5.17. The van der Waals surface area contributed by atoms with Crippen LogP contribution in [0.4, 0.5) is 24.5 Å². The first-order valence-corrected chi connectivity index (χ1v) is 10.9. The van der Waals surface area contributed by atoms with Gasteiger partial charge in [-0.2, -0.15) is 0 Å². The Labute approximate surface area is 172 Å². The van der Waals surface area contributed by atoms with E-state index in [0.717, 1.165) is 5.70 Å². The SMILES string of the molecule is CC1=C(N2CCC(F)(F)CC2)Nc2c(cc(F)cc2[C@@H](C)N[S@](=O)C(C)(C)C)N1. The molecule has 1 aromatic rings. The molecule has 0 amide bonds. The van der Waals surface area contributed by atoms with E-state index in [0.29, 0.717) is 22.8 Å². The fourth-order valence-electron chi connectivity index (χ4n) is 3.46. The molecule has 1 aromatic carbocycles. The van der Waals surface area contributed by atoms with Gasteiger partial charge in [-0.25, -0.2) is 22.1 Å². The Bertz CT molecular complexity index is 841. The van der Waals surface area contributed by atoms with Crippen LogP contribution < -0.4 is 15.4 Å². The van der Waals surface area contributed by atoms with Crippen molar-refractivity contribution in [1.29, 1.82) is 0 Å². The van der Waals surface area contributed by atoms with Crippen molar-refractivity contribution in [3.63, 3.8) is 0 Å². The minimum absolute atomic E-state index is 0.197. The lowest BCUT2D eigenvalue weighted by molar-refractivity contribution is -0.0489. The van der Waals surface area contributed by atoms with E-state index in [1.54, 1.807) is 0 Å². The Morgan fingerprint density at radius 2 is 1.83 bits per heavy atom. The summed E-state index contributed by atoms with van der Waals surface area (Å²) in [5.41, 5.74) is 2.60. The van der Waals surface area contributed by atoms with E-state index < -0.39 is 27.5 Å². The average Bonchev–Trinajstić information content (AvgIpc) is 2.60. The third-order valence-corrected chi connectivity index (χ3v) is 6.85. The lowest BCUT2D eigenvalue weighted by atomic mass is 10.0. The van der Waals surface area contributed by atoms with Crippen molar-refractivity contribution >= 4 is 22.4 Å². The van der Waals surface area contributed by atoms with Gasteiger partial charge >= 0.3 is 0 Å². The van der Waals surface area contributed by atoms with E-state index in [-0.39, 0.29) is 32.0 Å². The minimum atomic E-state index is -2.63. The highest BCUT2D eigenvalue weighted by atomic mass is 32.2. The standard InChI is InChI=1S/C20H29F3N4OS/c1-12(26-29(28)19(3,4)5)15-10-14(21)11-16-17(15)25-18(13(2)24-16)27-8-6-20(22,23)7-9-27/h10-12,24-26H,6-9H2,1-5H3/t12-,29-/m1/s1. The molecule has 3 N–H and O–H groups in total. The number of rotatable bonds is 4. The van der Waals surface area contributed by atoms with Gasteiger partial charge in [0.2, 0.25) is 0 Å². The van der Waals surface area contributed by atoms with Crippen LogP contribution in [-0.2, 0) is 11.0 Å². The highest BCUT2D eigenvalue weighted by Crippen LogP contribution is 2.39. The number of hydrogen-bond acceptors (Lipinski definition) is 4. The van der Waals surface area contributed by atoms with Crippen LogP contribution in [0, 0.1) is 5.82 Å². The summed E-state index contributed by atoms with van der Waals surface area (Å²) in [5.74, 6) is -2.32. The smallest absolute Gasteiger partial charge is 0.251 e. The molecule has 0 unspecified atom stereocenters. The second kappa shape index (κ2) is 7.83. The molecule has 0 radical (unpaired) electrons. The van der Waals surface area contributed by atoms with Crippen LogP contribution in [0.25, 0.3) is 0 Å². The van der Waals surface area contributed by atoms with E-state index in [1.807, 2.05) is 39.5 Å². The van der Waals surface area contributed by atoms with Crippen LogP contribution in [0.2, 0.25) is 0 Å². The van der Waals surface area contributed by atoms with Gasteiger partial charge in [-0.05, 0) is 52.3 Å². The van der Waals surface area contributed by atoms with Gasteiger partial charge in [0.05, 0.1) is 32.8 Å². The van der Waals surface area contributed by atoms with E-state index in [1.165, 1.54) is 12.1 Å². The van der Waals surface area contributed by atoms with Crippen molar-refractivity contribution in [2.24, 2.45) is 0 Å². The summed E-state index contributed by atoms with van der Waals surface area (Å²) in [7, 11) is -1.33. The Kier molecular flexibility index (Phi) is 5.93. The molecule has 0 bridgehead atoms. The first kappa shape index (κ1) is 22.0. The molecule has 1 saturated heterocycles. The number of fused-ring (bicyclic) bond motifs is 1. The molecule has 0 aliphatic carbocycles. The summed E-state index contributed by atoms with van der Waals surface area (Å²) in [6.45, 7) is 9.72. The zero-order chi connectivity index (χ0) is 21.6. The predicted molar refractivity (Wildman–Crippen MR) is 112 cm³/mol. The number of nitrogens with one attached hydrogen (secondary N) is 3. The van der Waals surface area contributed by atoms with E-state index in [9.17, 15) is 17.4 Å². The van der Waals surface area contributed by atoms with Gasteiger partial charge in [-0.15, -0.1) is 0 Å². The summed E-state index contributed by atoms with van der Waals surface area (Å²) in [6, 6.07) is 2.41. The number of hydrogen-bond donors (Lipinski definition) is 3. The van der Waals surface area contributed by atoms with Gasteiger partial charge < -0.3 is 15.5 Å². The number of alkyl halides is 2. The maximum absolute atomic E-state index is 14.3. The molecular formula is C20H29F3N4OS. The van der Waals surface area contributed by atoms with Crippen molar-refractivity contribution < 1.29 is 17.4 Å². The summed E-state index contributed by atoms with van der Waals surface area (Å²) in [4.78, 5) is 1.89. The molecule has 0 aromatic heterocycles. The van der Waals surface area contributed by atoms with Crippen LogP contribution in [-0.4, -0.2) is 32.9 Å². The molecule has 0 spiro atoms. The number of allylic oxidation sites excluding steroid dienone is 1. The van der Waals surface area contributed by atoms with Crippen LogP contribution in [0.3, 0.4) is 0 Å². The predicted octanol–water partition coefficient (Wildman–Crippen LogP) is 4.70. The average molecular weight is 431 g/mol. The van der Waals surface area contributed by atoms with Gasteiger partial charge in [0.25, 0.3) is 5.92 Å². The maximum Gasteiger partial charge on any atom is 0.251 e. The molecule has 3 rings (SSSR count). The summed E-state index contributed by atoms with van der Waals surface area (Å²) < 4.78 is 56.5. The Morgan fingerprint density at radius 3 is 2.41 bits per heavy atom. The molecule has 5 nitrogen and oxygen atoms in total. The molecule has 2 heterocycles. The number of anilines is 2. The zero-order valence-corrected chi connectivity index (χ0v) is 18.3. The van der Waals surface area contributed by atoms with Gasteiger partial charge in [0, 0.05) is 32.0 Å². The second-order valence-corrected chi connectivity index (χ2v) is 10.7. The summed E-state index contributed by atoms with van der Waals surface area (Å²) in [5, 5.41) is 6.52. The Balaban J connectivity index is 1.87. The molecular weight excluding hydrogens is 401 g/mol. The third kappa shape index (κ3) is 4.88. The lowest BCUT2D eigenvalue weighted by Gasteiger charge is -2.39. The highest BCUT2D eigenvalue weighted by molar-refractivity contribution is 7.84. The Hall–Kier alpha value is -1.74. The largest absolute Gasteiger partial charge is 0.356 e. The van der Waals surface area contributed by atoms with Gasteiger partial charge in [0.1, 0.15) is 11.6 Å². The molecule has 0 saturated carbocycles. The monoisotopic (exact) mass is 430 g/mol.